The molecule has 0 aliphatic carbocycles. The van der Waals surface area contributed by atoms with E-state index in [0.29, 0.717) is 34.3 Å². The molecule has 1 amide bonds. The highest BCUT2D eigenvalue weighted by atomic mass is 35.5. The second kappa shape index (κ2) is 9.86. The Labute approximate surface area is 196 Å². The highest BCUT2D eigenvalue weighted by Gasteiger charge is 2.32. The van der Waals surface area contributed by atoms with Gasteiger partial charge in [-0.15, -0.1) is 0 Å². The molecular weight excluding hydrogens is 457 g/mol. The van der Waals surface area contributed by atoms with E-state index in [4.69, 9.17) is 23.2 Å². The first-order valence-electron chi connectivity index (χ1n) is 10.1. The summed E-state index contributed by atoms with van der Waals surface area (Å²) < 4.78 is 3.50. The number of hydrogen-bond acceptors (Lipinski definition) is 5. The summed E-state index contributed by atoms with van der Waals surface area (Å²) in [7, 11) is 0. The zero-order valence-electron chi connectivity index (χ0n) is 17.7. The van der Waals surface area contributed by atoms with E-state index >= 15 is 0 Å². The number of phenolic OH excluding ortho intramolecular Hbond substituents is 1. The van der Waals surface area contributed by atoms with Crippen LogP contribution in [0.4, 0.5) is 0 Å². The lowest BCUT2D eigenvalue weighted by Gasteiger charge is -2.37. The van der Waals surface area contributed by atoms with E-state index in [0.717, 1.165) is 12.8 Å². The molecule has 0 radical (unpaired) electrons. The Hall–Kier alpha value is -1.67. The predicted molar refractivity (Wildman–Crippen MR) is 127 cm³/mol. The van der Waals surface area contributed by atoms with Crippen LogP contribution in [0.5, 0.6) is 5.75 Å². The smallest absolute Gasteiger partial charge is 0.255 e. The van der Waals surface area contributed by atoms with Crippen LogP contribution in [-0.4, -0.2) is 38.7 Å². The molecule has 1 aliphatic heterocycles. The van der Waals surface area contributed by atoms with Crippen LogP contribution in [0, 0.1) is 5.92 Å². The Balaban J connectivity index is 1.76. The number of benzene rings is 1. The fraction of sp³-hybridized carbons (Fsp3) is 0.455. The minimum atomic E-state index is -0.234. The van der Waals surface area contributed by atoms with Crippen molar-refractivity contribution in [3.05, 3.63) is 62.0 Å². The molecule has 0 saturated carbocycles. The van der Waals surface area contributed by atoms with Crippen molar-refractivity contribution >= 4 is 41.1 Å². The van der Waals surface area contributed by atoms with Crippen LogP contribution in [0.15, 0.2) is 35.3 Å². The van der Waals surface area contributed by atoms with Crippen LogP contribution in [0.2, 0.25) is 10.0 Å². The predicted octanol–water partition coefficient (Wildman–Crippen LogP) is 5.02. The summed E-state index contributed by atoms with van der Waals surface area (Å²) in [5.41, 5.74) is 0.941. The number of piperidine rings is 1. The molecule has 6 nitrogen and oxygen atoms in total. The summed E-state index contributed by atoms with van der Waals surface area (Å²) in [6.07, 6.45) is 2.98. The van der Waals surface area contributed by atoms with Crippen LogP contribution in [0.25, 0.3) is 0 Å². The Morgan fingerprint density at radius 3 is 2.45 bits per heavy atom. The number of pyridine rings is 1. The van der Waals surface area contributed by atoms with Gasteiger partial charge in [-0.05, 0) is 51.7 Å². The number of H-pyrrole nitrogens is 1. The lowest BCUT2D eigenvalue weighted by atomic mass is 9.85. The number of aromatic nitrogens is 1. The molecule has 9 heteroatoms. The van der Waals surface area contributed by atoms with Gasteiger partial charge >= 0.3 is 0 Å². The summed E-state index contributed by atoms with van der Waals surface area (Å²) >= 11 is 13.9. The van der Waals surface area contributed by atoms with Gasteiger partial charge in [0.1, 0.15) is 5.75 Å². The number of carbonyl (C=O) groups excluding carboxylic acids is 1. The Bertz CT molecular complexity index is 978. The maximum absolute atomic E-state index is 12.8. The van der Waals surface area contributed by atoms with Gasteiger partial charge in [-0.2, -0.15) is 0 Å². The molecule has 0 bridgehead atoms. The molecule has 1 atom stereocenters. The first kappa shape index (κ1) is 24.0. The number of phenols is 1. The minimum Gasteiger partial charge on any atom is -0.508 e. The molecule has 0 spiro atoms. The normalized spacial score (nSPS) is 16.4. The van der Waals surface area contributed by atoms with Crippen LogP contribution < -0.4 is 10.3 Å². The molecule has 2 aromatic rings. The van der Waals surface area contributed by atoms with Gasteiger partial charge in [0.05, 0.1) is 15.6 Å². The highest BCUT2D eigenvalue weighted by molar-refractivity contribution is 7.98. The SMILES string of the molecule is CC(C)(C)SNC(c1cc(Cl)c(Cl)cc1O)C1CCN(C(=O)c2ccc(=O)[nH]c2)CC1. The molecule has 1 aromatic carbocycles. The van der Waals surface area contributed by atoms with E-state index in [1.165, 1.54) is 18.3 Å². The molecular formula is C22H27Cl2N3O3S. The molecule has 1 aromatic heterocycles. The average Bonchev–Trinajstić information content (AvgIpc) is 2.71. The van der Waals surface area contributed by atoms with Crippen molar-refractivity contribution in [3.63, 3.8) is 0 Å². The number of hydrogen-bond donors (Lipinski definition) is 3. The van der Waals surface area contributed by atoms with Gasteiger partial charge in [-0.3, -0.25) is 14.3 Å². The number of likely N-dealkylation sites (tertiary alicyclic amines) is 1. The average molecular weight is 484 g/mol. The third-order valence-electron chi connectivity index (χ3n) is 5.23. The Kier molecular flexibility index (Phi) is 7.63. The quantitative estimate of drug-likeness (QED) is 0.519. The van der Waals surface area contributed by atoms with Crippen molar-refractivity contribution in [3.8, 4) is 5.75 Å². The van der Waals surface area contributed by atoms with Crippen molar-refractivity contribution in [1.82, 2.24) is 14.6 Å². The van der Waals surface area contributed by atoms with Gasteiger partial charge in [-0.25, -0.2) is 0 Å². The van der Waals surface area contributed by atoms with Gasteiger partial charge in [0.15, 0.2) is 0 Å². The monoisotopic (exact) mass is 483 g/mol. The van der Waals surface area contributed by atoms with Crippen molar-refractivity contribution < 1.29 is 9.90 Å². The topological polar surface area (TPSA) is 85.4 Å². The molecule has 1 saturated heterocycles. The Morgan fingerprint density at radius 1 is 1.23 bits per heavy atom. The second-order valence-electron chi connectivity index (χ2n) is 8.71. The first-order valence-corrected chi connectivity index (χ1v) is 11.7. The van der Waals surface area contributed by atoms with Gasteiger partial charge in [0.25, 0.3) is 5.91 Å². The van der Waals surface area contributed by atoms with E-state index < -0.39 is 0 Å². The number of rotatable bonds is 5. The number of nitrogens with one attached hydrogen (secondary N) is 2. The Morgan fingerprint density at radius 2 is 1.87 bits per heavy atom. The molecule has 3 rings (SSSR count). The molecule has 2 heterocycles. The van der Waals surface area contributed by atoms with Crippen LogP contribution in [0.1, 0.15) is 55.6 Å². The number of nitrogens with zero attached hydrogens (tertiary/aromatic N) is 1. The minimum absolute atomic E-state index is 0.0228. The number of halogens is 2. The molecule has 1 unspecified atom stereocenters. The number of aromatic amines is 1. The van der Waals surface area contributed by atoms with Gasteiger partial charge in [0.2, 0.25) is 5.56 Å². The van der Waals surface area contributed by atoms with Crippen LogP contribution in [0.3, 0.4) is 0 Å². The van der Waals surface area contributed by atoms with Crippen molar-refractivity contribution in [2.45, 2.75) is 44.4 Å². The van der Waals surface area contributed by atoms with Gasteiger partial charge in [0, 0.05) is 47.8 Å². The summed E-state index contributed by atoms with van der Waals surface area (Å²) in [4.78, 5) is 28.4. The van der Waals surface area contributed by atoms with E-state index in [1.807, 2.05) is 0 Å². The lowest BCUT2D eigenvalue weighted by Crippen LogP contribution is -2.41. The third kappa shape index (κ3) is 6.19. The van der Waals surface area contributed by atoms with E-state index in [1.54, 1.807) is 29.0 Å². The van der Waals surface area contributed by atoms with Crippen molar-refractivity contribution in [1.29, 1.82) is 0 Å². The first-order chi connectivity index (χ1) is 14.5. The summed E-state index contributed by atoms with van der Waals surface area (Å²) in [6, 6.07) is 5.95. The molecule has 1 fully saturated rings. The summed E-state index contributed by atoms with van der Waals surface area (Å²) in [5.74, 6) is 0.200. The standard InChI is InChI=1S/C22H27Cl2N3O3S/c1-22(2,3)31-26-20(15-10-16(23)17(24)11-18(15)28)13-6-8-27(9-7-13)21(30)14-4-5-19(29)25-12-14/h4-5,10-13,20,26,28H,6-9H2,1-3H3,(H,25,29). The number of amides is 1. The molecule has 168 valence electrons. The maximum atomic E-state index is 12.8. The largest absolute Gasteiger partial charge is 0.508 e. The molecule has 1 aliphatic rings. The van der Waals surface area contributed by atoms with Crippen LogP contribution in [-0.2, 0) is 0 Å². The van der Waals surface area contributed by atoms with Crippen LogP contribution >= 0.6 is 35.1 Å². The van der Waals surface area contributed by atoms with E-state index in [2.05, 4.69) is 30.5 Å². The third-order valence-corrected chi connectivity index (χ3v) is 6.93. The fourth-order valence-corrected chi connectivity index (χ4v) is 4.75. The van der Waals surface area contributed by atoms with Crippen molar-refractivity contribution in [2.75, 3.05) is 13.1 Å². The van der Waals surface area contributed by atoms with Gasteiger partial charge < -0.3 is 15.0 Å². The zero-order valence-corrected chi connectivity index (χ0v) is 20.1. The zero-order chi connectivity index (χ0) is 22.8. The number of carbonyl (C=O) groups is 1. The highest BCUT2D eigenvalue weighted by Crippen LogP contribution is 2.41. The summed E-state index contributed by atoms with van der Waals surface area (Å²) in [6.45, 7) is 7.51. The van der Waals surface area contributed by atoms with Gasteiger partial charge in [-0.1, -0.05) is 35.1 Å². The summed E-state index contributed by atoms with van der Waals surface area (Å²) in [5, 5.41) is 11.3. The van der Waals surface area contributed by atoms with Crippen molar-refractivity contribution in [2.24, 2.45) is 5.92 Å². The lowest BCUT2D eigenvalue weighted by molar-refractivity contribution is 0.0674. The van der Waals surface area contributed by atoms with E-state index in [9.17, 15) is 14.7 Å². The maximum Gasteiger partial charge on any atom is 0.255 e. The molecule has 3 N–H and O–H groups in total. The van der Waals surface area contributed by atoms with E-state index in [-0.39, 0.29) is 33.9 Å². The molecule has 31 heavy (non-hydrogen) atoms. The number of aromatic hydroxyl groups is 1. The fourth-order valence-electron chi connectivity index (χ4n) is 3.62. The second-order valence-corrected chi connectivity index (χ2v) is 11.2.